The lowest BCUT2D eigenvalue weighted by Gasteiger charge is -2.20. The number of aromatic nitrogens is 4. The second-order valence-electron chi connectivity index (χ2n) is 9.34. The second-order valence-corrected chi connectivity index (χ2v) is 9.34. The van der Waals surface area contributed by atoms with Gasteiger partial charge in [0.05, 0.1) is 24.5 Å². The fourth-order valence-electron chi connectivity index (χ4n) is 4.55. The van der Waals surface area contributed by atoms with Crippen LogP contribution in [-0.2, 0) is 11.8 Å². The van der Waals surface area contributed by atoms with Crippen LogP contribution in [0.15, 0.2) is 24.3 Å². The third-order valence-corrected chi connectivity index (χ3v) is 6.37. The van der Waals surface area contributed by atoms with Crippen LogP contribution in [0.1, 0.15) is 65.6 Å². The lowest BCUT2D eigenvalue weighted by atomic mass is 10.0. The van der Waals surface area contributed by atoms with Gasteiger partial charge < -0.3 is 25.0 Å². The van der Waals surface area contributed by atoms with Gasteiger partial charge in [0.2, 0.25) is 6.41 Å². The number of anilines is 1. The zero-order valence-corrected chi connectivity index (χ0v) is 21.2. The maximum absolute atomic E-state index is 13.0. The van der Waals surface area contributed by atoms with Crippen LogP contribution in [0.5, 0.6) is 11.5 Å². The molecule has 12 nitrogen and oxygen atoms in total. The first-order valence-corrected chi connectivity index (χ1v) is 12.1. The molecule has 1 aromatic carbocycles. The number of benzene rings is 1. The Morgan fingerprint density at radius 1 is 1.30 bits per heavy atom. The number of aromatic hydroxyl groups is 1. The van der Waals surface area contributed by atoms with Gasteiger partial charge in [0.15, 0.2) is 23.6 Å². The molecule has 1 unspecified atom stereocenters. The highest BCUT2D eigenvalue weighted by Gasteiger charge is 2.30. The number of carbonyl (C=O) groups is 2. The number of H-pyrrole nitrogens is 1. The fourth-order valence-corrected chi connectivity index (χ4v) is 4.55. The Morgan fingerprint density at radius 3 is 2.78 bits per heavy atom. The van der Waals surface area contributed by atoms with Crippen LogP contribution in [-0.4, -0.2) is 68.1 Å². The molecule has 2 aromatic heterocycles. The lowest BCUT2D eigenvalue weighted by Crippen LogP contribution is -2.38. The second kappa shape index (κ2) is 11.1. The summed E-state index contributed by atoms with van der Waals surface area (Å²) in [5, 5.41) is 37.5. The minimum absolute atomic E-state index is 0.0210. The number of methoxy groups -OCH3 is 1. The minimum atomic E-state index is -1.01. The van der Waals surface area contributed by atoms with Crippen LogP contribution < -0.4 is 15.4 Å². The summed E-state index contributed by atoms with van der Waals surface area (Å²) in [6.07, 6.45) is 1.85. The molecule has 3 aromatic rings. The Hall–Kier alpha value is -3.74. The molecule has 0 spiro atoms. The number of hydrogen-bond acceptors (Lipinski definition) is 9. The van der Waals surface area contributed by atoms with Gasteiger partial charge in [-0.25, -0.2) is 0 Å². The van der Waals surface area contributed by atoms with Crippen molar-refractivity contribution < 1.29 is 29.3 Å². The van der Waals surface area contributed by atoms with E-state index in [9.17, 15) is 19.8 Å². The molecule has 2 heterocycles. The van der Waals surface area contributed by atoms with Crippen molar-refractivity contribution in [2.45, 2.75) is 57.6 Å². The molecule has 3 atom stereocenters. The molecule has 0 saturated heterocycles. The monoisotopic (exact) mass is 512 g/mol. The number of aldehydes is 1. The summed E-state index contributed by atoms with van der Waals surface area (Å²) in [4.78, 5) is 24.6. The Kier molecular flexibility index (Phi) is 7.91. The van der Waals surface area contributed by atoms with Crippen molar-refractivity contribution in [2.24, 2.45) is 7.05 Å². The van der Waals surface area contributed by atoms with Crippen LogP contribution in [0.3, 0.4) is 0 Å². The molecule has 5 N–H and O–H groups in total. The van der Waals surface area contributed by atoms with Crippen molar-refractivity contribution in [1.82, 2.24) is 25.3 Å². The standard InChI is InChI=1S/C25H32N6O6/c1-13(2)26-25(35)37-15-6-5-14(9-15)18-11-22(29-28-18)27-24(34)20-10-19(30-31(20)3)16-7-8-21(36-4)23(33)17(16)12-32/h7-8,10-15,25-26,33,35H,5-6,9H2,1-4H3,(H2,27,28,29,34)/t14-,15+,25?/m0/s1. The van der Waals surface area contributed by atoms with E-state index in [4.69, 9.17) is 9.47 Å². The number of rotatable bonds is 10. The third kappa shape index (κ3) is 5.82. The predicted molar refractivity (Wildman–Crippen MR) is 135 cm³/mol. The van der Waals surface area contributed by atoms with Gasteiger partial charge in [0.25, 0.3) is 5.91 Å². The molecule has 0 aliphatic heterocycles. The van der Waals surface area contributed by atoms with E-state index in [-0.39, 0.29) is 40.8 Å². The first-order valence-electron chi connectivity index (χ1n) is 12.1. The highest BCUT2D eigenvalue weighted by atomic mass is 16.6. The van der Waals surface area contributed by atoms with E-state index in [1.807, 2.05) is 13.8 Å². The van der Waals surface area contributed by atoms with Gasteiger partial charge in [-0.15, -0.1) is 0 Å². The van der Waals surface area contributed by atoms with Crippen LogP contribution in [0.4, 0.5) is 5.82 Å². The van der Waals surface area contributed by atoms with E-state index in [0.29, 0.717) is 23.4 Å². The van der Waals surface area contributed by atoms with E-state index in [2.05, 4.69) is 25.9 Å². The van der Waals surface area contributed by atoms with Crippen molar-refractivity contribution in [3.8, 4) is 22.8 Å². The van der Waals surface area contributed by atoms with Crippen LogP contribution in [0.2, 0.25) is 0 Å². The summed E-state index contributed by atoms with van der Waals surface area (Å²) in [5.41, 5.74) is 1.86. The zero-order valence-electron chi connectivity index (χ0n) is 21.2. The third-order valence-electron chi connectivity index (χ3n) is 6.37. The molecule has 198 valence electrons. The highest BCUT2D eigenvalue weighted by Crippen LogP contribution is 2.37. The lowest BCUT2D eigenvalue weighted by molar-refractivity contribution is -0.155. The Labute approximate surface area is 214 Å². The molecule has 1 saturated carbocycles. The van der Waals surface area contributed by atoms with Gasteiger partial charge in [0.1, 0.15) is 5.69 Å². The predicted octanol–water partition coefficient (Wildman–Crippen LogP) is 2.52. The first kappa shape index (κ1) is 26.3. The van der Waals surface area contributed by atoms with E-state index in [0.717, 1.165) is 25.0 Å². The quantitative estimate of drug-likeness (QED) is 0.203. The number of ether oxygens (including phenoxy) is 2. The number of phenols is 1. The zero-order chi connectivity index (χ0) is 26.7. The number of aliphatic hydroxyl groups excluding tert-OH is 1. The molecule has 0 radical (unpaired) electrons. The fraction of sp³-hybridized carbons (Fsp3) is 0.440. The molecule has 1 aliphatic carbocycles. The average Bonchev–Trinajstić information content (AvgIpc) is 3.58. The van der Waals surface area contributed by atoms with Crippen molar-refractivity contribution in [2.75, 3.05) is 12.4 Å². The number of carbonyl (C=O) groups excluding carboxylic acids is 2. The Balaban J connectivity index is 1.43. The van der Waals surface area contributed by atoms with E-state index >= 15 is 0 Å². The van der Waals surface area contributed by atoms with Crippen molar-refractivity contribution in [3.05, 3.63) is 41.2 Å². The Bertz CT molecular complexity index is 1270. The van der Waals surface area contributed by atoms with Gasteiger partial charge in [-0.05, 0) is 51.3 Å². The van der Waals surface area contributed by atoms with E-state index < -0.39 is 12.3 Å². The van der Waals surface area contributed by atoms with E-state index in [1.165, 1.54) is 23.9 Å². The number of nitrogens with one attached hydrogen (secondary N) is 3. The molecule has 12 heteroatoms. The van der Waals surface area contributed by atoms with Gasteiger partial charge in [-0.2, -0.15) is 10.2 Å². The summed E-state index contributed by atoms with van der Waals surface area (Å²) in [7, 11) is 3.00. The smallest absolute Gasteiger partial charge is 0.275 e. The molecule has 0 bridgehead atoms. The van der Waals surface area contributed by atoms with Crippen molar-refractivity contribution in [3.63, 3.8) is 0 Å². The number of aromatic amines is 1. The molecule has 1 amide bonds. The van der Waals surface area contributed by atoms with Crippen LogP contribution >= 0.6 is 0 Å². The average molecular weight is 513 g/mol. The number of aliphatic hydroxyl groups is 1. The summed E-state index contributed by atoms with van der Waals surface area (Å²) < 4.78 is 12.1. The number of hydrogen-bond donors (Lipinski definition) is 5. The normalized spacial score (nSPS) is 18.2. The summed E-state index contributed by atoms with van der Waals surface area (Å²) in [5.74, 6) is -0.0229. The summed E-state index contributed by atoms with van der Waals surface area (Å²) >= 11 is 0. The molecular formula is C25H32N6O6. The molecule has 1 aliphatic rings. The Morgan fingerprint density at radius 2 is 2.08 bits per heavy atom. The topological polar surface area (TPSA) is 164 Å². The van der Waals surface area contributed by atoms with Gasteiger partial charge in [-0.3, -0.25) is 24.7 Å². The number of aryl methyl sites for hydroxylation is 1. The van der Waals surface area contributed by atoms with Crippen molar-refractivity contribution in [1.29, 1.82) is 0 Å². The first-order chi connectivity index (χ1) is 17.7. The van der Waals surface area contributed by atoms with Gasteiger partial charge in [0, 0.05) is 36.3 Å². The molecular weight excluding hydrogens is 480 g/mol. The van der Waals surface area contributed by atoms with Crippen LogP contribution in [0, 0.1) is 0 Å². The number of amides is 1. The van der Waals surface area contributed by atoms with Gasteiger partial charge >= 0.3 is 0 Å². The maximum atomic E-state index is 13.0. The summed E-state index contributed by atoms with van der Waals surface area (Å²) in [6.45, 7) is 3.87. The van der Waals surface area contributed by atoms with Crippen LogP contribution in [0.25, 0.3) is 11.3 Å². The highest BCUT2D eigenvalue weighted by molar-refractivity contribution is 6.03. The van der Waals surface area contributed by atoms with Crippen molar-refractivity contribution >= 4 is 18.0 Å². The maximum Gasteiger partial charge on any atom is 0.275 e. The molecule has 4 rings (SSSR count). The molecule has 37 heavy (non-hydrogen) atoms. The SMILES string of the molecule is COc1ccc(-c2cc(C(=O)Nc3cc([C@H]4CC[C@@H](OC(O)NC(C)C)C4)[nH]n3)n(C)n2)c(C=O)c1O. The minimum Gasteiger partial charge on any atom is -0.504 e. The van der Waals surface area contributed by atoms with Gasteiger partial charge in [-0.1, -0.05) is 0 Å². The number of phenolic OH excluding ortho intramolecular Hbond substituents is 1. The molecule has 1 fully saturated rings. The largest absolute Gasteiger partial charge is 0.504 e. The number of nitrogens with zero attached hydrogens (tertiary/aromatic N) is 3. The van der Waals surface area contributed by atoms with E-state index in [1.54, 1.807) is 19.2 Å². The summed E-state index contributed by atoms with van der Waals surface area (Å²) in [6, 6.07) is 6.56.